The summed E-state index contributed by atoms with van der Waals surface area (Å²) in [6, 6.07) is 4.54. The third-order valence-electron chi connectivity index (χ3n) is 2.53. The zero-order valence-electron chi connectivity index (χ0n) is 11.3. The van der Waals surface area contributed by atoms with Crippen LogP contribution in [-0.4, -0.2) is 25.5 Å². The molecule has 1 aromatic carbocycles. The summed E-state index contributed by atoms with van der Waals surface area (Å²) in [5.41, 5.74) is 5.84. The van der Waals surface area contributed by atoms with Crippen molar-refractivity contribution in [3.05, 3.63) is 35.8 Å². The van der Waals surface area contributed by atoms with Crippen molar-refractivity contribution < 1.29 is 17.5 Å². The van der Waals surface area contributed by atoms with Gasteiger partial charge < -0.3 is 10.5 Å². The Morgan fingerprint density at radius 2 is 2.00 bits per heavy atom. The maximum Gasteiger partial charge on any atom is 0.266 e. The lowest BCUT2D eigenvalue weighted by atomic mass is 10.3. The van der Waals surface area contributed by atoms with Crippen LogP contribution in [0, 0.1) is 12.7 Å². The van der Waals surface area contributed by atoms with Crippen LogP contribution < -0.4 is 15.2 Å². The molecule has 7 nitrogen and oxygen atoms in total. The number of anilines is 2. The van der Waals surface area contributed by atoms with Gasteiger partial charge in [0.15, 0.2) is 0 Å². The molecule has 0 radical (unpaired) electrons. The molecule has 9 heteroatoms. The second kappa shape index (κ2) is 5.52. The molecule has 21 heavy (non-hydrogen) atoms. The van der Waals surface area contributed by atoms with E-state index in [1.54, 1.807) is 13.0 Å². The van der Waals surface area contributed by atoms with Crippen molar-refractivity contribution in [3.63, 3.8) is 0 Å². The van der Waals surface area contributed by atoms with Crippen molar-refractivity contribution >= 4 is 21.7 Å². The van der Waals surface area contributed by atoms with Crippen molar-refractivity contribution in [2.45, 2.75) is 11.8 Å². The maximum absolute atomic E-state index is 13.0. The zero-order valence-corrected chi connectivity index (χ0v) is 12.1. The molecule has 0 bridgehead atoms. The average molecular weight is 312 g/mol. The second-order valence-electron chi connectivity index (χ2n) is 4.16. The predicted octanol–water partition coefficient (Wildman–Crippen LogP) is 1.32. The second-order valence-corrected chi connectivity index (χ2v) is 5.81. The zero-order chi connectivity index (χ0) is 15.6. The van der Waals surface area contributed by atoms with E-state index in [2.05, 4.69) is 14.7 Å². The number of hydrogen-bond donors (Lipinski definition) is 2. The lowest BCUT2D eigenvalue weighted by molar-refractivity contribution is 0.397. The third kappa shape index (κ3) is 3.37. The van der Waals surface area contributed by atoms with Gasteiger partial charge in [0.25, 0.3) is 10.0 Å². The van der Waals surface area contributed by atoms with Gasteiger partial charge >= 0.3 is 0 Å². The molecule has 0 atom stereocenters. The van der Waals surface area contributed by atoms with Crippen molar-refractivity contribution in [2.24, 2.45) is 0 Å². The highest BCUT2D eigenvalue weighted by Gasteiger charge is 2.19. The minimum Gasteiger partial charge on any atom is -0.481 e. The van der Waals surface area contributed by atoms with Crippen LogP contribution in [0.15, 0.2) is 29.2 Å². The number of ether oxygens (including phenoxy) is 1. The molecule has 112 valence electrons. The van der Waals surface area contributed by atoms with Gasteiger partial charge in [-0.3, -0.25) is 0 Å². The number of aromatic nitrogens is 2. The van der Waals surface area contributed by atoms with Gasteiger partial charge in [-0.25, -0.2) is 22.5 Å². The Labute approximate surface area is 121 Å². The predicted molar refractivity (Wildman–Crippen MR) is 74.9 cm³/mol. The number of nitrogens with one attached hydrogen (secondary N) is 1. The number of hydrogen-bond acceptors (Lipinski definition) is 6. The summed E-state index contributed by atoms with van der Waals surface area (Å²) in [5, 5.41) is 0. The fraction of sp³-hybridized carbons (Fsp3) is 0.167. The summed E-state index contributed by atoms with van der Waals surface area (Å²) in [7, 11) is -2.62. The Morgan fingerprint density at radius 1 is 1.29 bits per heavy atom. The van der Waals surface area contributed by atoms with Crippen molar-refractivity contribution in [2.75, 3.05) is 17.6 Å². The standard InChI is InChI=1S/C12H13FN4O3S/c1-7-5-11(20-2)16-12(15-7)17-21(18,19)10-4-3-8(13)6-9(10)14/h3-6H,14H2,1-2H3,(H,15,16,17). The maximum atomic E-state index is 13.0. The number of nitrogens with two attached hydrogens (primary N) is 1. The average Bonchev–Trinajstić information content (AvgIpc) is 2.36. The number of nitrogens with zero attached hydrogens (tertiary/aromatic N) is 2. The largest absolute Gasteiger partial charge is 0.481 e. The Morgan fingerprint density at radius 3 is 2.62 bits per heavy atom. The van der Waals surface area contributed by atoms with E-state index in [0.717, 1.165) is 18.2 Å². The van der Waals surface area contributed by atoms with Crippen LogP contribution in [0.5, 0.6) is 5.88 Å². The number of halogens is 1. The van der Waals surface area contributed by atoms with Crippen molar-refractivity contribution in [1.29, 1.82) is 0 Å². The van der Waals surface area contributed by atoms with Gasteiger partial charge in [-0.1, -0.05) is 0 Å². The topological polar surface area (TPSA) is 107 Å². The van der Waals surface area contributed by atoms with Crippen LogP contribution in [0.25, 0.3) is 0 Å². The third-order valence-corrected chi connectivity index (χ3v) is 3.93. The number of methoxy groups -OCH3 is 1. The van der Waals surface area contributed by atoms with E-state index in [-0.39, 0.29) is 22.4 Å². The van der Waals surface area contributed by atoms with Crippen LogP contribution in [-0.2, 0) is 10.0 Å². The summed E-state index contributed by atoms with van der Waals surface area (Å²) in [4.78, 5) is 7.56. The Bertz CT molecular complexity index is 780. The Kier molecular flexibility index (Phi) is 3.94. The Balaban J connectivity index is 2.39. The summed E-state index contributed by atoms with van der Waals surface area (Å²) in [6.45, 7) is 1.66. The van der Waals surface area contributed by atoms with Gasteiger partial charge in [-0.05, 0) is 25.1 Å². The van der Waals surface area contributed by atoms with E-state index >= 15 is 0 Å². The van der Waals surface area contributed by atoms with Crippen LogP contribution in [0.2, 0.25) is 0 Å². The highest BCUT2D eigenvalue weighted by atomic mass is 32.2. The molecule has 1 aromatic heterocycles. The van der Waals surface area contributed by atoms with Crippen molar-refractivity contribution in [3.8, 4) is 5.88 Å². The molecule has 0 aliphatic heterocycles. The molecule has 2 rings (SSSR count). The molecule has 0 saturated carbocycles. The normalized spacial score (nSPS) is 11.2. The smallest absolute Gasteiger partial charge is 0.266 e. The van der Waals surface area contributed by atoms with Crippen LogP contribution in [0.3, 0.4) is 0 Å². The molecule has 3 N–H and O–H groups in total. The lowest BCUT2D eigenvalue weighted by Crippen LogP contribution is -2.17. The number of nitrogen functional groups attached to an aromatic ring is 1. The van der Waals surface area contributed by atoms with Gasteiger partial charge in [0, 0.05) is 11.8 Å². The van der Waals surface area contributed by atoms with Crippen LogP contribution in [0.4, 0.5) is 16.0 Å². The fourth-order valence-electron chi connectivity index (χ4n) is 1.63. The first kappa shape index (κ1) is 15.0. The monoisotopic (exact) mass is 312 g/mol. The lowest BCUT2D eigenvalue weighted by Gasteiger charge is -2.10. The number of benzene rings is 1. The van der Waals surface area contributed by atoms with Gasteiger partial charge in [0.05, 0.1) is 12.8 Å². The molecule has 0 fully saturated rings. The van der Waals surface area contributed by atoms with E-state index in [9.17, 15) is 12.8 Å². The van der Waals surface area contributed by atoms with Gasteiger partial charge in [-0.2, -0.15) is 4.98 Å². The number of rotatable bonds is 4. The van der Waals surface area contributed by atoms with Crippen molar-refractivity contribution in [1.82, 2.24) is 9.97 Å². The first-order chi connectivity index (χ1) is 9.81. The molecule has 0 aliphatic rings. The molecular formula is C12H13FN4O3S. The highest BCUT2D eigenvalue weighted by Crippen LogP contribution is 2.22. The fourth-order valence-corrected chi connectivity index (χ4v) is 2.69. The van der Waals surface area contributed by atoms with Gasteiger partial charge in [0.2, 0.25) is 11.8 Å². The molecule has 2 aromatic rings. The molecule has 0 spiro atoms. The minimum atomic E-state index is -4.02. The summed E-state index contributed by atoms with van der Waals surface area (Å²) >= 11 is 0. The summed E-state index contributed by atoms with van der Waals surface area (Å²) < 4.78 is 44.5. The summed E-state index contributed by atoms with van der Waals surface area (Å²) in [6.07, 6.45) is 0. The summed E-state index contributed by atoms with van der Waals surface area (Å²) in [5.74, 6) is -0.567. The molecule has 0 amide bonds. The first-order valence-electron chi connectivity index (χ1n) is 5.79. The quantitative estimate of drug-likeness (QED) is 0.824. The van der Waals surface area contributed by atoms with E-state index in [0.29, 0.717) is 5.69 Å². The highest BCUT2D eigenvalue weighted by molar-refractivity contribution is 7.92. The number of aryl methyl sites for hydroxylation is 1. The Hall–Kier alpha value is -2.42. The van der Waals surface area contributed by atoms with Gasteiger partial charge in [-0.15, -0.1) is 0 Å². The molecule has 0 aliphatic carbocycles. The molecule has 0 unspecified atom stereocenters. The SMILES string of the molecule is COc1cc(C)nc(NS(=O)(=O)c2ccc(F)cc2N)n1. The molecular weight excluding hydrogens is 299 g/mol. The number of sulfonamides is 1. The minimum absolute atomic E-state index is 0.157. The van der Waals surface area contributed by atoms with E-state index in [4.69, 9.17) is 10.5 Å². The van der Waals surface area contributed by atoms with Crippen LogP contribution in [0.1, 0.15) is 5.69 Å². The molecule has 1 heterocycles. The first-order valence-corrected chi connectivity index (χ1v) is 7.27. The van der Waals surface area contributed by atoms with Crippen LogP contribution >= 0.6 is 0 Å². The van der Waals surface area contributed by atoms with E-state index in [1.807, 2.05) is 0 Å². The van der Waals surface area contributed by atoms with E-state index in [1.165, 1.54) is 7.11 Å². The van der Waals surface area contributed by atoms with E-state index < -0.39 is 15.8 Å². The molecule has 0 saturated heterocycles. The van der Waals surface area contributed by atoms with Gasteiger partial charge in [0.1, 0.15) is 10.7 Å².